The quantitative estimate of drug-likeness (QED) is 0.900. The molecule has 0 aliphatic heterocycles. The summed E-state index contributed by atoms with van der Waals surface area (Å²) in [7, 11) is 1.89. The largest absolute Gasteiger partial charge is 0.307 e. The van der Waals surface area contributed by atoms with E-state index in [1.807, 2.05) is 11.7 Å². The Kier molecular flexibility index (Phi) is 3.58. The van der Waals surface area contributed by atoms with E-state index in [9.17, 15) is 0 Å². The molecule has 1 unspecified atom stereocenters. The molecule has 0 bridgehead atoms. The van der Waals surface area contributed by atoms with Crippen molar-refractivity contribution in [2.75, 3.05) is 7.05 Å². The highest BCUT2D eigenvalue weighted by Gasteiger charge is 2.23. The fourth-order valence-electron chi connectivity index (χ4n) is 1.81. The summed E-state index contributed by atoms with van der Waals surface area (Å²) >= 11 is 3.53. The number of aromatic nitrogens is 5. The normalized spacial score (nSPS) is 13.2. The van der Waals surface area contributed by atoms with Gasteiger partial charge in [0.1, 0.15) is 5.69 Å². The number of hydrogen-bond acceptors (Lipinski definition) is 4. The molecule has 2 heterocycles. The van der Waals surface area contributed by atoms with E-state index in [1.165, 1.54) is 0 Å². The molecule has 1 atom stereocenters. The minimum atomic E-state index is -0.0342. The monoisotopic (exact) mass is 298 g/mol. The maximum absolute atomic E-state index is 4.37. The maximum atomic E-state index is 4.37. The van der Waals surface area contributed by atoms with Crippen LogP contribution in [0.15, 0.2) is 16.9 Å². The Hall–Kier alpha value is -1.21. The van der Waals surface area contributed by atoms with Gasteiger partial charge in [0, 0.05) is 6.04 Å². The van der Waals surface area contributed by atoms with Crippen LogP contribution in [0.5, 0.6) is 0 Å². The van der Waals surface area contributed by atoms with Gasteiger partial charge in [0.05, 0.1) is 28.6 Å². The molecule has 0 aromatic carbocycles. The summed E-state index contributed by atoms with van der Waals surface area (Å²) in [6.45, 7) is 4.19. The zero-order valence-electron chi connectivity index (χ0n) is 9.98. The van der Waals surface area contributed by atoms with Crippen LogP contribution in [0, 0.1) is 0 Å². The van der Waals surface area contributed by atoms with Crippen molar-refractivity contribution in [1.29, 1.82) is 0 Å². The zero-order chi connectivity index (χ0) is 12.4. The van der Waals surface area contributed by atoms with Gasteiger partial charge in [-0.2, -0.15) is 20.5 Å². The number of H-pyrrole nitrogens is 1. The maximum Gasteiger partial charge on any atom is 0.105 e. The molecule has 0 spiro atoms. The number of rotatable bonds is 4. The van der Waals surface area contributed by atoms with Gasteiger partial charge in [0.2, 0.25) is 0 Å². The lowest BCUT2D eigenvalue weighted by Crippen LogP contribution is -2.23. The lowest BCUT2D eigenvalue weighted by atomic mass is 10.1. The Morgan fingerprint density at radius 1 is 1.41 bits per heavy atom. The van der Waals surface area contributed by atoms with Crippen LogP contribution in [0.1, 0.15) is 37.3 Å². The molecule has 0 amide bonds. The highest BCUT2D eigenvalue weighted by molar-refractivity contribution is 9.10. The van der Waals surface area contributed by atoms with Crippen LogP contribution in [0.4, 0.5) is 0 Å². The molecule has 2 aromatic rings. The SMILES string of the molecule is CNC(c1cn[nH]n1)c1c(Br)cnn1C(C)C. The van der Waals surface area contributed by atoms with E-state index in [0.717, 1.165) is 15.9 Å². The summed E-state index contributed by atoms with van der Waals surface area (Å²) in [5.41, 5.74) is 1.90. The predicted molar refractivity (Wildman–Crippen MR) is 67.6 cm³/mol. The second-order valence-corrected chi connectivity index (χ2v) is 4.89. The number of hydrogen-bond donors (Lipinski definition) is 2. The zero-order valence-corrected chi connectivity index (χ0v) is 11.6. The Labute approximate surface area is 108 Å². The summed E-state index contributed by atoms with van der Waals surface area (Å²) in [4.78, 5) is 0. The van der Waals surface area contributed by atoms with Crippen LogP contribution in [0.2, 0.25) is 0 Å². The fourth-order valence-corrected chi connectivity index (χ4v) is 2.31. The molecular formula is C10H15BrN6. The van der Waals surface area contributed by atoms with Crippen LogP contribution in [-0.2, 0) is 0 Å². The summed E-state index contributed by atoms with van der Waals surface area (Å²) in [5, 5.41) is 18.2. The van der Waals surface area contributed by atoms with Crippen molar-refractivity contribution in [3.8, 4) is 0 Å². The number of aromatic amines is 1. The molecule has 0 aliphatic rings. The van der Waals surface area contributed by atoms with Crippen molar-refractivity contribution in [2.24, 2.45) is 0 Å². The van der Waals surface area contributed by atoms with Gasteiger partial charge in [-0.05, 0) is 36.8 Å². The van der Waals surface area contributed by atoms with Gasteiger partial charge in [-0.15, -0.1) is 0 Å². The molecule has 6 nitrogen and oxygen atoms in total. The van der Waals surface area contributed by atoms with Crippen LogP contribution < -0.4 is 5.32 Å². The lowest BCUT2D eigenvalue weighted by Gasteiger charge is -2.18. The minimum absolute atomic E-state index is 0.0342. The van der Waals surface area contributed by atoms with Crippen LogP contribution in [0.25, 0.3) is 0 Å². The Morgan fingerprint density at radius 3 is 2.71 bits per heavy atom. The van der Waals surface area contributed by atoms with Gasteiger partial charge in [-0.3, -0.25) is 4.68 Å². The number of halogens is 1. The second-order valence-electron chi connectivity index (χ2n) is 4.03. The van der Waals surface area contributed by atoms with Crippen molar-refractivity contribution >= 4 is 15.9 Å². The summed E-state index contributed by atoms with van der Waals surface area (Å²) in [6, 6.07) is 0.257. The van der Waals surface area contributed by atoms with Gasteiger partial charge in [-0.1, -0.05) is 0 Å². The highest BCUT2D eigenvalue weighted by atomic mass is 79.9. The first-order valence-electron chi connectivity index (χ1n) is 5.41. The van der Waals surface area contributed by atoms with Gasteiger partial charge in [-0.25, -0.2) is 0 Å². The highest BCUT2D eigenvalue weighted by Crippen LogP contribution is 2.28. The van der Waals surface area contributed by atoms with Gasteiger partial charge in [0.15, 0.2) is 0 Å². The van der Waals surface area contributed by atoms with E-state index in [0.29, 0.717) is 6.04 Å². The molecule has 17 heavy (non-hydrogen) atoms. The number of nitrogens with zero attached hydrogens (tertiary/aromatic N) is 4. The Morgan fingerprint density at radius 2 is 2.18 bits per heavy atom. The summed E-state index contributed by atoms with van der Waals surface area (Å²) < 4.78 is 2.94. The van der Waals surface area contributed by atoms with Gasteiger partial charge >= 0.3 is 0 Å². The molecule has 0 fully saturated rings. The van der Waals surface area contributed by atoms with Gasteiger partial charge < -0.3 is 5.32 Å². The van der Waals surface area contributed by atoms with Crippen molar-refractivity contribution < 1.29 is 0 Å². The van der Waals surface area contributed by atoms with E-state index in [1.54, 1.807) is 12.4 Å². The average Bonchev–Trinajstić information content (AvgIpc) is 2.91. The van der Waals surface area contributed by atoms with E-state index < -0.39 is 0 Å². The molecule has 2 aromatic heterocycles. The van der Waals surface area contributed by atoms with Crippen molar-refractivity contribution in [3.63, 3.8) is 0 Å². The predicted octanol–water partition coefficient (Wildman–Crippen LogP) is 1.65. The standard InChI is InChI=1S/C10H15BrN6/c1-6(2)17-10(7(11)4-14-17)9(12-3)8-5-13-16-15-8/h4-6,9,12H,1-3H3,(H,13,15,16). The molecule has 2 rings (SSSR count). The lowest BCUT2D eigenvalue weighted by molar-refractivity contribution is 0.480. The number of nitrogens with one attached hydrogen (secondary N) is 2. The Bertz CT molecular complexity index is 475. The third-order valence-corrected chi connectivity index (χ3v) is 3.18. The molecule has 0 aliphatic carbocycles. The molecule has 92 valence electrons. The first kappa shape index (κ1) is 12.3. The first-order chi connectivity index (χ1) is 8.15. The minimum Gasteiger partial charge on any atom is -0.307 e. The molecule has 0 saturated heterocycles. The summed E-state index contributed by atoms with van der Waals surface area (Å²) in [6.07, 6.45) is 3.52. The van der Waals surface area contributed by atoms with Crippen LogP contribution in [0.3, 0.4) is 0 Å². The van der Waals surface area contributed by atoms with E-state index in [2.05, 4.69) is 55.6 Å². The average molecular weight is 299 g/mol. The van der Waals surface area contributed by atoms with Crippen molar-refractivity contribution in [3.05, 3.63) is 28.3 Å². The van der Waals surface area contributed by atoms with Crippen LogP contribution >= 0.6 is 15.9 Å². The molecule has 0 radical (unpaired) electrons. The van der Waals surface area contributed by atoms with Crippen LogP contribution in [-0.4, -0.2) is 32.2 Å². The van der Waals surface area contributed by atoms with E-state index in [4.69, 9.17) is 0 Å². The van der Waals surface area contributed by atoms with Gasteiger partial charge in [0.25, 0.3) is 0 Å². The Balaban J connectivity index is 2.47. The molecule has 7 heteroatoms. The van der Waals surface area contributed by atoms with E-state index in [-0.39, 0.29) is 6.04 Å². The van der Waals surface area contributed by atoms with Crippen molar-refractivity contribution in [2.45, 2.75) is 25.9 Å². The molecule has 0 saturated carbocycles. The smallest absolute Gasteiger partial charge is 0.105 e. The van der Waals surface area contributed by atoms with Crippen molar-refractivity contribution in [1.82, 2.24) is 30.5 Å². The second kappa shape index (κ2) is 4.97. The third kappa shape index (κ3) is 2.25. The third-order valence-electron chi connectivity index (χ3n) is 2.57. The summed E-state index contributed by atoms with van der Waals surface area (Å²) in [5.74, 6) is 0. The molecular weight excluding hydrogens is 284 g/mol. The fraction of sp³-hybridized carbons (Fsp3) is 0.500. The first-order valence-corrected chi connectivity index (χ1v) is 6.20. The topological polar surface area (TPSA) is 71.4 Å². The molecule has 2 N–H and O–H groups in total. The van der Waals surface area contributed by atoms with E-state index >= 15 is 0 Å².